The van der Waals surface area contributed by atoms with Gasteiger partial charge in [0.1, 0.15) is 0 Å². The van der Waals surface area contributed by atoms with Crippen molar-refractivity contribution in [1.82, 2.24) is 4.90 Å². The molecule has 0 radical (unpaired) electrons. The molecule has 1 aromatic rings. The Morgan fingerprint density at radius 3 is 2.32 bits per heavy atom. The number of carbonyl (C=O) groups excluding carboxylic acids is 1. The number of nitrogens with one attached hydrogen (secondary N) is 1. The zero-order valence-corrected chi connectivity index (χ0v) is 12.1. The minimum Gasteiger partial charge on any atom is -0.325 e. The SMILES string of the molecule is C[C@@H](C(=O)Nc1ccc(Cl)cc1)N1CCCCCC1. The van der Waals surface area contributed by atoms with E-state index in [1.165, 1.54) is 25.7 Å². The molecule has 1 saturated heterocycles. The average Bonchev–Trinajstić information content (AvgIpc) is 2.69. The molecular weight excluding hydrogens is 260 g/mol. The highest BCUT2D eigenvalue weighted by Crippen LogP contribution is 2.16. The minimum atomic E-state index is -0.0752. The largest absolute Gasteiger partial charge is 0.325 e. The topological polar surface area (TPSA) is 32.3 Å². The van der Waals surface area contributed by atoms with Crippen LogP contribution in [0.5, 0.6) is 0 Å². The van der Waals surface area contributed by atoms with E-state index < -0.39 is 0 Å². The molecule has 1 N–H and O–H groups in total. The van der Waals surface area contributed by atoms with E-state index in [9.17, 15) is 4.79 Å². The molecule has 0 saturated carbocycles. The summed E-state index contributed by atoms with van der Waals surface area (Å²) >= 11 is 5.83. The van der Waals surface area contributed by atoms with Gasteiger partial charge in [0.25, 0.3) is 0 Å². The lowest BCUT2D eigenvalue weighted by molar-refractivity contribution is -0.120. The van der Waals surface area contributed by atoms with Crippen LogP contribution < -0.4 is 5.32 Å². The van der Waals surface area contributed by atoms with Gasteiger partial charge >= 0.3 is 0 Å². The van der Waals surface area contributed by atoms with Crippen molar-refractivity contribution in [1.29, 1.82) is 0 Å². The Labute approximate surface area is 119 Å². The third-order valence-corrected chi connectivity index (χ3v) is 3.93. The number of rotatable bonds is 3. The lowest BCUT2D eigenvalue weighted by Gasteiger charge is -2.26. The number of nitrogens with zero attached hydrogens (tertiary/aromatic N) is 1. The van der Waals surface area contributed by atoms with Gasteiger partial charge < -0.3 is 5.32 Å². The summed E-state index contributed by atoms with van der Waals surface area (Å²) in [4.78, 5) is 14.5. The van der Waals surface area contributed by atoms with E-state index in [0.717, 1.165) is 18.8 Å². The zero-order valence-electron chi connectivity index (χ0n) is 11.4. The molecule has 4 heteroatoms. The first-order valence-electron chi connectivity index (χ1n) is 6.97. The first-order valence-corrected chi connectivity index (χ1v) is 7.35. The highest BCUT2D eigenvalue weighted by molar-refractivity contribution is 6.30. The van der Waals surface area contributed by atoms with Crippen LogP contribution in [0.1, 0.15) is 32.6 Å². The highest BCUT2D eigenvalue weighted by Gasteiger charge is 2.21. The summed E-state index contributed by atoms with van der Waals surface area (Å²) in [5.41, 5.74) is 0.802. The number of benzene rings is 1. The van der Waals surface area contributed by atoms with Gasteiger partial charge in [0.05, 0.1) is 6.04 Å². The van der Waals surface area contributed by atoms with Crippen molar-refractivity contribution >= 4 is 23.2 Å². The van der Waals surface area contributed by atoms with Crippen LogP contribution in [0.25, 0.3) is 0 Å². The lowest BCUT2D eigenvalue weighted by atomic mass is 10.2. The second-order valence-electron chi connectivity index (χ2n) is 5.12. The molecule has 1 fully saturated rings. The highest BCUT2D eigenvalue weighted by atomic mass is 35.5. The van der Waals surface area contributed by atoms with Crippen LogP contribution in [-0.4, -0.2) is 29.9 Å². The summed E-state index contributed by atoms with van der Waals surface area (Å²) < 4.78 is 0. The predicted molar refractivity (Wildman–Crippen MR) is 79.6 cm³/mol. The van der Waals surface area contributed by atoms with Crippen molar-refractivity contribution in [3.63, 3.8) is 0 Å². The standard InChI is InChI=1S/C15H21ClN2O/c1-12(18-10-4-2-3-5-11-18)15(19)17-14-8-6-13(16)7-9-14/h6-9,12H,2-5,10-11H2,1H3,(H,17,19)/t12-/m0/s1. The molecule has 2 rings (SSSR count). The third-order valence-electron chi connectivity index (χ3n) is 3.68. The van der Waals surface area contributed by atoms with Gasteiger partial charge in [-0.05, 0) is 57.1 Å². The van der Waals surface area contributed by atoms with Crippen LogP contribution >= 0.6 is 11.6 Å². The van der Waals surface area contributed by atoms with Crippen LogP contribution in [0.15, 0.2) is 24.3 Å². The second-order valence-corrected chi connectivity index (χ2v) is 5.56. The summed E-state index contributed by atoms with van der Waals surface area (Å²) in [5.74, 6) is 0.0595. The lowest BCUT2D eigenvalue weighted by Crippen LogP contribution is -2.42. The fraction of sp³-hybridized carbons (Fsp3) is 0.533. The van der Waals surface area contributed by atoms with E-state index in [4.69, 9.17) is 11.6 Å². The molecule has 19 heavy (non-hydrogen) atoms. The first-order chi connectivity index (χ1) is 9.16. The molecule has 0 aliphatic carbocycles. The number of carbonyl (C=O) groups is 1. The summed E-state index contributed by atoms with van der Waals surface area (Å²) in [5, 5.41) is 3.63. The van der Waals surface area contributed by atoms with Crippen molar-refractivity contribution in [2.45, 2.75) is 38.6 Å². The smallest absolute Gasteiger partial charge is 0.241 e. The molecule has 1 aliphatic heterocycles. The monoisotopic (exact) mass is 280 g/mol. The summed E-state index contributed by atoms with van der Waals surface area (Å²) in [6.07, 6.45) is 4.95. The maximum atomic E-state index is 12.2. The van der Waals surface area contributed by atoms with E-state index >= 15 is 0 Å². The molecule has 0 spiro atoms. The van der Waals surface area contributed by atoms with Crippen molar-refractivity contribution < 1.29 is 4.79 Å². The molecule has 0 unspecified atom stereocenters. The van der Waals surface area contributed by atoms with Crippen molar-refractivity contribution in [3.8, 4) is 0 Å². The number of anilines is 1. The van der Waals surface area contributed by atoms with Crippen LogP contribution in [0.4, 0.5) is 5.69 Å². The second kappa shape index (κ2) is 6.92. The van der Waals surface area contributed by atoms with Crippen molar-refractivity contribution in [2.75, 3.05) is 18.4 Å². The summed E-state index contributed by atoms with van der Waals surface area (Å²) in [6, 6.07) is 7.15. The molecule has 0 bridgehead atoms. The van der Waals surface area contributed by atoms with Crippen LogP contribution in [0, 0.1) is 0 Å². The number of halogens is 1. The minimum absolute atomic E-state index is 0.0595. The fourth-order valence-corrected chi connectivity index (χ4v) is 2.55. The molecular formula is C15H21ClN2O. The maximum absolute atomic E-state index is 12.2. The van der Waals surface area contributed by atoms with Crippen molar-refractivity contribution in [2.24, 2.45) is 0 Å². The van der Waals surface area contributed by atoms with Gasteiger partial charge in [-0.15, -0.1) is 0 Å². The Morgan fingerprint density at radius 2 is 1.74 bits per heavy atom. The van der Waals surface area contributed by atoms with Gasteiger partial charge in [0, 0.05) is 10.7 Å². The van der Waals surface area contributed by atoms with Crippen LogP contribution in [-0.2, 0) is 4.79 Å². The molecule has 1 amide bonds. The van der Waals surface area contributed by atoms with E-state index in [-0.39, 0.29) is 11.9 Å². The molecule has 3 nitrogen and oxygen atoms in total. The number of hydrogen-bond donors (Lipinski definition) is 1. The summed E-state index contributed by atoms with van der Waals surface area (Å²) in [6.45, 7) is 4.03. The maximum Gasteiger partial charge on any atom is 0.241 e. The van der Waals surface area contributed by atoms with Gasteiger partial charge in [-0.1, -0.05) is 24.4 Å². The quantitative estimate of drug-likeness (QED) is 0.918. The Morgan fingerprint density at radius 1 is 1.16 bits per heavy atom. The van der Waals surface area contributed by atoms with E-state index in [1.54, 1.807) is 12.1 Å². The van der Waals surface area contributed by atoms with Crippen LogP contribution in [0.2, 0.25) is 5.02 Å². The number of amides is 1. The molecule has 1 heterocycles. The van der Waals surface area contributed by atoms with E-state index in [0.29, 0.717) is 5.02 Å². The Balaban J connectivity index is 1.92. The molecule has 1 aromatic carbocycles. The number of hydrogen-bond acceptors (Lipinski definition) is 2. The Bertz CT molecular complexity index is 411. The Hall–Kier alpha value is -1.06. The van der Waals surface area contributed by atoms with Gasteiger partial charge in [0.15, 0.2) is 0 Å². The van der Waals surface area contributed by atoms with Crippen molar-refractivity contribution in [3.05, 3.63) is 29.3 Å². The van der Waals surface area contributed by atoms with Gasteiger partial charge in [-0.3, -0.25) is 9.69 Å². The molecule has 0 aromatic heterocycles. The van der Waals surface area contributed by atoms with Gasteiger partial charge in [-0.2, -0.15) is 0 Å². The number of likely N-dealkylation sites (tertiary alicyclic amines) is 1. The molecule has 104 valence electrons. The first kappa shape index (κ1) is 14.4. The Kier molecular flexibility index (Phi) is 5.23. The third kappa shape index (κ3) is 4.22. The van der Waals surface area contributed by atoms with Gasteiger partial charge in [0.2, 0.25) is 5.91 Å². The van der Waals surface area contributed by atoms with Gasteiger partial charge in [-0.25, -0.2) is 0 Å². The molecule has 1 atom stereocenters. The summed E-state index contributed by atoms with van der Waals surface area (Å²) in [7, 11) is 0. The predicted octanol–water partition coefficient (Wildman–Crippen LogP) is 3.54. The molecule has 1 aliphatic rings. The normalized spacial score (nSPS) is 18.6. The average molecular weight is 281 g/mol. The van der Waals surface area contributed by atoms with Crippen LogP contribution in [0.3, 0.4) is 0 Å². The van der Waals surface area contributed by atoms with E-state index in [2.05, 4.69) is 10.2 Å². The van der Waals surface area contributed by atoms with E-state index in [1.807, 2.05) is 19.1 Å². The zero-order chi connectivity index (χ0) is 13.7. The fourth-order valence-electron chi connectivity index (χ4n) is 2.43.